The van der Waals surface area contributed by atoms with Gasteiger partial charge in [-0.05, 0) is 54.8 Å². The molecular weight excluding hydrogens is 477 g/mol. The van der Waals surface area contributed by atoms with E-state index in [0.29, 0.717) is 16.2 Å². The van der Waals surface area contributed by atoms with Gasteiger partial charge in [-0.1, -0.05) is 79.7 Å². The van der Waals surface area contributed by atoms with Gasteiger partial charge >= 0.3 is 0 Å². The van der Waals surface area contributed by atoms with Crippen molar-refractivity contribution in [1.82, 2.24) is 0 Å². The Morgan fingerprint density at radius 2 is 1.29 bits per heavy atom. The van der Waals surface area contributed by atoms with Gasteiger partial charge in [0.05, 0.1) is 22.0 Å². The zero-order valence-electron chi connectivity index (χ0n) is 23.5. The fraction of sp³-hybridized carbons (Fsp3) is 0.704. The highest BCUT2D eigenvalue weighted by atomic mass is 32.2. The molecule has 0 amide bonds. The van der Waals surface area contributed by atoms with Crippen LogP contribution in [0.15, 0.2) is 46.2 Å². The zero-order valence-corrected chi connectivity index (χ0v) is 26.3. The van der Waals surface area contributed by atoms with Crippen molar-refractivity contribution < 1.29 is 17.3 Å². The molecule has 0 saturated heterocycles. The Morgan fingerprint density at radius 3 is 1.76 bits per heavy atom. The van der Waals surface area contributed by atoms with Crippen LogP contribution in [0.3, 0.4) is 0 Å². The monoisotopic (exact) mass is 524 g/mol. The molecule has 0 bridgehead atoms. The largest absolute Gasteiger partial charge is 0.413 e. The summed E-state index contributed by atoms with van der Waals surface area (Å²) in [6.45, 7) is 26.7. The quantitative estimate of drug-likeness (QED) is 0.356. The van der Waals surface area contributed by atoms with E-state index >= 15 is 0 Å². The lowest BCUT2D eigenvalue weighted by Gasteiger charge is -2.45. The van der Waals surface area contributed by atoms with Crippen molar-refractivity contribution in [3.63, 3.8) is 0 Å². The highest BCUT2D eigenvalue weighted by molar-refractivity contribution is 7.95. The van der Waals surface area contributed by atoms with Crippen LogP contribution in [0.2, 0.25) is 36.3 Å². The average molecular weight is 525 g/mol. The number of rotatable bonds is 6. The Morgan fingerprint density at radius 1 is 0.824 bits per heavy atom. The van der Waals surface area contributed by atoms with Crippen molar-refractivity contribution >= 4 is 26.5 Å². The summed E-state index contributed by atoms with van der Waals surface area (Å²) in [5.41, 5.74) is 0. The molecule has 1 aliphatic rings. The highest BCUT2D eigenvalue weighted by Crippen LogP contribution is 2.45. The molecule has 2 rings (SSSR count). The first-order chi connectivity index (χ1) is 15.2. The second kappa shape index (κ2) is 9.96. The fourth-order valence-electron chi connectivity index (χ4n) is 3.99. The van der Waals surface area contributed by atoms with Crippen LogP contribution in [-0.4, -0.2) is 37.3 Å². The smallest absolute Gasteiger partial charge is 0.202 e. The van der Waals surface area contributed by atoms with E-state index in [0.717, 1.165) is 0 Å². The molecule has 0 aromatic heterocycles. The van der Waals surface area contributed by atoms with E-state index in [1.807, 2.05) is 19.1 Å². The van der Waals surface area contributed by atoms with Gasteiger partial charge in [-0.25, -0.2) is 8.42 Å². The summed E-state index contributed by atoms with van der Waals surface area (Å²) in [5.74, 6) is -0.194. The van der Waals surface area contributed by atoms with Gasteiger partial charge in [0.25, 0.3) is 0 Å². The molecule has 4 atom stereocenters. The minimum atomic E-state index is -3.63. The molecule has 0 fully saturated rings. The van der Waals surface area contributed by atoms with Gasteiger partial charge in [0.2, 0.25) is 9.84 Å². The van der Waals surface area contributed by atoms with Crippen LogP contribution in [0, 0.1) is 11.8 Å². The van der Waals surface area contributed by atoms with Crippen LogP contribution in [0.1, 0.15) is 61.8 Å². The van der Waals surface area contributed by atoms with Gasteiger partial charge in [-0.2, -0.15) is 0 Å². The first-order valence-electron chi connectivity index (χ1n) is 12.6. The molecule has 0 radical (unpaired) electrons. The summed E-state index contributed by atoms with van der Waals surface area (Å²) in [7, 11) is -7.84. The molecule has 1 aromatic carbocycles. The minimum Gasteiger partial charge on any atom is -0.413 e. The fourth-order valence-corrected chi connectivity index (χ4v) is 8.59. The molecule has 0 saturated carbocycles. The van der Waals surface area contributed by atoms with Gasteiger partial charge < -0.3 is 8.85 Å². The normalized spacial score (nSPS) is 25.6. The molecule has 194 valence electrons. The first-order valence-corrected chi connectivity index (χ1v) is 19.9. The van der Waals surface area contributed by atoms with E-state index in [1.54, 1.807) is 24.3 Å². The maximum Gasteiger partial charge on any atom is 0.202 e. The molecule has 4 nitrogen and oxygen atoms in total. The van der Waals surface area contributed by atoms with E-state index in [2.05, 4.69) is 74.7 Å². The predicted octanol–water partition coefficient (Wildman–Crippen LogP) is 7.80. The topological polar surface area (TPSA) is 52.6 Å². The molecule has 0 aliphatic heterocycles. The van der Waals surface area contributed by atoms with Crippen molar-refractivity contribution in [3.8, 4) is 0 Å². The Hall–Kier alpha value is -0.736. The van der Waals surface area contributed by atoms with E-state index in [1.165, 1.54) is 0 Å². The molecule has 1 aliphatic carbocycles. The lowest BCUT2D eigenvalue weighted by atomic mass is 9.91. The number of hydrogen-bond donors (Lipinski definition) is 0. The molecule has 34 heavy (non-hydrogen) atoms. The summed E-state index contributed by atoms with van der Waals surface area (Å²) >= 11 is 0. The Labute approximate surface area is 211 Å². The molecular formula is C27H48O4SSi2. The Kier molecular flexibility index (Phi) is 8.64. The van der Waals surface area contributed by atoms with Gasteiger partial charge in [0, 0.05) is 11.8 Å². The van der Waals surface area contributed by atoms with E-state index in [-0.39, 0.29) is 34.1 Å². The molecule has 7 heteroatoms. The van der Waals surface area contributed by atoms with Crippen molar-refractivity contribution in [3.05, 3.63) is 41.3 Å². The van der Waals surface area contributed by atoms with Gasteiger partial charge in [-0.15, -0.1) is 0 Å². The molecule has 0 unspecified atom stereocenters. The van der Waals surface area contributed by atoms with E-state index < -0.39 is 26.5 Å². The first kappa shape index (κ1) is 29.5. The maximum atomic E-state index is 13.8. The van der Waals surface area contributed by atoms with Gasteiger partial charge in [0.15, 0.2) is 16.6 Å². The minimum absolute atomic E-state index is 0.0245. The van der Waals surface area contributed by atoms with Crippen LogP contribution in [0.4, 0.5) is 0 Å². The third-order valence-corrected chi connectivity index (χ3v) is 19.5. The van der Waals surface area contributed by atoms with E-state index in [9.17, 15) is 8.42 Å². The third kappa shape index (κ3) is 6.14. The SMILES string of the molecule is C[C@@H]1[C@@H](O[Si](C)(C)C(C)(C)C)[C@@H](C)C(S(=O)(=O)c2ccccc2)=CC[C@@H]1O[Si](C)(C)C(C)(C)C. The lowest BCUT2D eigenvalue weighted by Crippen LogP contribution is -2.51. The molecule has 0 N–H and O–H groups in total. The number of sulfone groups is 1. The average Bonchev–Trinajstić information content (AvgIpc) is 2.79. The standard InChI is InChI=1S/C27H48O4SSi2/c1-20-23(30-33(9,10)26(3,4)5)18-19-24(32(28,29)22-16-14-13-15-17-22)21(2)25(20)31-34(11,12)27(6,7)8/h13-17,19-21,23,25H,18H2,1-12H3/t20-,21-,23-,25+/m0/s1. The van der Waals surface area contributed by atoms with Crippen LogP contribution in [-0.2, 0) is 18.7 Å². The number of hydrogen-bond acceptors (Lipinski definition) is 4. The van der Waals surface area contributed by atoms with Crippen LogP contribution in [0.5, 0.6) is 0 Å². The van der Waals surface area contributed by atoms with Crippen LogP contribution < -0.4 is 0 Å². The van der Waals surface area contributed by atoms with Crippen LogP contribution in [0.25, 0.3) is 0 Å². The number of benzene rings is 1. The molecule has 0 spiro atoms. The predicted molar refractivity (Wildman–Crippen MR) is 149 cm³/mol. The molecule has 0 heterocycles. The second-order valence-electron chi connectivity index (χ2n) is 13.1. The third-order valence-electron chi connectivity index (χ3n) is 8.45. The Bertz CT molecular complexity index is 970. The second-order valence-corrected chi connectivity index (χ2v) is 24.5. The van der Waals surface area contributed by atoms with E-state index in [4.69, 9.17) is 8.85 Å². The summed E-state index contributed by atoms with van der Waals surface area (Å²) in [6.07, 6.45) is 2.19. The summed E-state index contributed by atoms with van der Waals surface area (Å²) in [4.78, 5) is 0.811. The van der Waals surface area contributed by atoms with Crippen molar-refractivity contribution in [2.24, 2.45) is 11.8 Å². The highest BCUT2D eigenvalue weighted by Gasteiger charge is 2.48. The Balaban J connectivity index is 2.59. The molecule has 1 aromatic rings. The van der Waals surface area contributed by atoms with Crippen molar-refractivity contribution in [2.75, 3.05) is 0 Å². The zero-order chi connectivity index (χ0) is 26.3. The van der Waals surface area contributed by atoms with Gasteiger partial charge in [0.1, 0.15) is 0 Å². The lowest BCUT2D eigenvalue weighted by molar-refractivity contribution is 0.0222. The summed E-state index contributed by atoms with van der Waals surface area (Å²) < 4.78 is 41.5. The summed E-state index contributed by atoms with van der Waals surface area (Å²) in [5, 5.41) is 0.0970. The van der Waals surface area contributed by atoms with Crippen molar-refractivity contribution in [1.29, 1.82) is 0 Å². The summed E-state index contributed by atoms with van der Waals surface area (Å²) in [6, 6.07) is 8.78. The van der Waals surface area contributed by atoms with Gasteiger partial charge in [-0.3, -0.25) is 0 Å². The maximum absolute atomic E-state index is 13.8. The van der Waals surface area contributed by atoms with Crippen LogP contribution >= 0.6 is 0 Å². The van der Waals surface area contributed by atoms with Crippen molar-refractivity contribution in [2.45, 2.75) is 115 Å².